The monoisotopic (exact) mass is 1580 g/mol. The minimum atomic E-state index is -1.03. The lowest BCUT2D eigenvalue weighted by Gasteiger charge is -2.09. The summed E-state index contributed by atoms with van der Waals surface area (Å²) in [6.45, 7) is 0.560. The van der Waals surface area contributed by atoms with Gasteiger partial charge in [0.15, 0.2) is 17.4 Å². The van der Waals surface area contributed by atoms with E-state index in [0.29, 0.717) is 85.2 Å². The third-order valence-electron chi connectivity index (χ3n) is 19.7. The van der Waals surface area contributed by atoms with Gasteiger partial charge in [-0.3, -0.25) is 29.9 Å². The second-order valence-electron chi connectivity index (χ2n) is 26.9. The lowest BCUT2D eigenvalue weighted by molar-refractivity contribution is 0.0682. The van der Waals surface area contributed by atoms with E-state index in [0.717, 1.165) is 98.4 Å². The van der Waals surface area contributed by atoms with Crippen LogP contribution in [0, 0.1) is 17.5 Å². The van der Waals surface area contributed by atoms with Gasteiger partial charge < -0.3 is 50.0 Å². The number of hydrogen-bond acceptors (Lipinski definition) is 16. The topological polar surface area (TPSA) is 342 Å². The number of ether oxygens (including phenoxy) is 3. The Morgan fingerprint density at radius 1 is 0.521 bits per heavy atom. The average Bonchev–Trinajstić information content (AvgIpc) is 1.63. The first kappa shape index (κ1) is 75.7. The number of fused-ring (bicyclic) bond motifs is 9. The third kappa shape index (κ3) is 15.2. The lowest BCUT2D eigenvalue weighted by Crippen LogP contribution is -2.23. The van der Waals surface area contributed by atoms with E-state index < -0.39 is 17.8 Å². The number of benzene rings is 12. The molecule has 0 saturated heterocycles. The van der Waals surface area contributed by atoms with Gasteiger partial charge >= 0.3 is 11.9 Å². The Morgan fingerprint density at radius 3 is 1.68 bits per heavy atom. The first-order valence-electron chi connectivity index (χ1n) is 36.4. The number of thiophene rings is 1. The fourth-order valence-corrected chi connectivity index (χ4v) is 15.0. The molecule has 0 aliphatic rings. The van der Waals surface area contributed by atoms with Crippen molar-refractivity contribution in [3.05, 3.63) is 294 Å². The van der Waals surface area contributed by atoms with Gasteiger partial charge in [-0.25, -0.2) is 22.8 Å². The fraction of sp³-hybridized carbons (Fsp3) is 0.0667. The maximum Gasteiger partial charge on any atom is 0.339 e. The van der Waals surface area contributed by atoms with E-state index in [1.54, 1.807) is 102 Å². The number of carbonyl (C=O) groups is 3. The molecule has 0 fully saturated rings. The van der Waals surface area contributed by atoms with Gasteiger partial charge in [0.25, 0.3) is 5.91 Å². The van der Waals surface area contributed by atoms with Gasteiger partial charge in [0.2, 0.25) is 0 Å². The van der Waals surface area contributed by atoms with Crippen molar-refractivity contribution in [2.45, 2.75) is 13.1 Å². The van der Waals surface area contributed by atoms with Gasteiger partial charge in [-0.15, -0.1) is 11.3 Å². The Hall–Kier alpha value is -15.4. The number of nitrogens with zero attached hydrogens (tertiary/aromatic N) is 6. The Labute approximate surface area is 665 Å². The summed E-state index contributed by atoms with van der Waals surface area (Å²) in [5.74, 6) is -1.30. The van der Waals surface area contributed by atoms with Crippen LogP contribution < -0.4 is 31.0 Å². The number of nitrogen functional groups attached to an aromatic ring is 1. The Bertz CT molecular complexity index is 7120. The highest BCUT2D eigenvalue weighted by molar-refractivity contribution is 7.22. The van der Waals surface area contributed by atoms with Crippen LogP contribution >= 0.6 is 11.3 Å². The van der Waals surface area contributed by atoms with Crippen molar-refractivity contribution in [2.24, 2.45) is 12.8 Å². The van der Waals surface area contributed by atoms with Gasteiger partial charge in [-0.05, 0) is 136 Å². The molecule has 0 aliphatic heterocycles. The summed E-state index contributed by atoms with van der Waals surface area (Å²) in [7, 11) is 6.17. The van der Waals surface area contributed by atoms with Crippen molar-refractivity contribution in [1.82, 2.24) is 55.9 Å². The van der Waals surface area contributed by atoms with Gasteiger partial charge in [0, 0.05) is 80.1 Å². The molecular weight excluding hydrogens is 1510 g/mol. The maximum atomic E-state index is 14.4. The van der Waals surface area contributed by atoms with Crippen LogP contribution in [-0.2, 0) is 20.1 Å². The standard InChI is InChI=1S/C20H16FN3O3.C19H14N2O3.C18H14FN3.C17H12N2O3S.C16H12FN3O/c1-26-18-10-17-15(19(24-23-17)12-4-2-5-13(21)8-12)9-16(18)20(25)22-11-14-6-3-7-27-14;1-24-17-10-16-14(9-15(17)19(22)23)18(21-20-16)13-7-6-11-4-2-3-5-12(11)8-13;19-16-8-11(10-20)7-15-17(21-22-18(15)16)14-6-5-12-3-1-2-4-13(12)9-14;1-22-13-8-12-10(7-11(13)17(20)21)16(19-18-12)15-6-9-4-2-3-5-14(9)23-15;1-20-11-7-6-10(18)15(17)14(11)16(19-20)13-8-9-4-2-3-5-12(9)21-13/h2-10H,11H2,1H3,(H,22,25)(H,23,24);2-10H,1H3,(H,20,21)(H,22,23);1-9H,10,20H2,(H,21,22);2-8H,1H3,(H,18,19)(H,20,21);2-8H,18H2,1H3. The van der Waals surface area contributed by atoms with Crippen molar-refractivity contribution in [3.8, 4) is 73.0 Å². The van der Waals surface area contributed by atoms with Crippen LogP contribution in [0.4, 0.5) is 18.9 Å². The summed E-state index contributed by atoms with van der Waals surface area (Å²) in [6, 6.07) is 74.4. The van der Waals surface area contributed by atoms with Gasteiger partial charge in [0.1, 0.15) is 68.1 Å². The first-order chi connectivity index (χ1) is 56.9. The SMILES string of the molecule is COc1cc2[nH]nc(-c3cc4ccccc4s3)c2cc1C(=O)O.COc1cc2[nH]nc(-c3ccc4ccccc4c3)c2cc1C(=O)O.COc1cc2[nH]nc(-c3cccc(F)c3)c2cc1C(=O)NCc1ccco1.Cn1nc(-c2cc3ccccc3o2)c2c(F)c(N)ccc21.NCc1cc(F)c2n[nH]c(-c3ccc4ccccc4c3)c2c1. The summed E-state index contributed by atoms with van der Waals surface area (Å²) in [6.07, 6.45) is 1.55. The Balaban J connectivity index is 0.000000110. The van der Waals surface area contributed by atoms with E-state index in [9.17, 15) is 37.8 Å². The molecule has 8 heterocycles. The van der Waals surface area contributed by atoms with Gasteiger partial charge in [0.05, 0.1) is 89.1 Å². The average molecular weight is 1580 g/mol. The number of halogens is 3. The molecule has 117 heavy (non-hydrogen) atoms. The molecule has 23 nitrogen and oxygen atoms in total. The van der Waals surface area contributed by atoms with Crippen LogP contribution in [0.3, 0.4) is 0 Å². The Kier molecular flexibility index (Phi) is 21.0. The number of aromatic carboxylic acids is 2. The molecule has 0 saturated carbocycles. The van der Waals surface area contributed by atoms with Crippen LogP contribution in [-0.4, -0.2) is 100.0 Å². The van der Waals surface area contributed by atoms with Gasteiger partial charge in [-0.2, -0.15) is 25.5 Å². The van der Waals surface area contributed by atoms with Crippen LogP contribution in [0.5, 0.6) is 17.2 Å². The van der Waals surface area contributed by atoms with E-state index in [4.69, 9.17) is 34.5 Å². The zero-order valence-electron chi connectivity index (χ0n) is 62.6. The number of rotatable bonds is 14. The number of aryl methyl sites for hydroxylation is 1. The van der Waals surface area contributed by atoms with Crippen molar-refractivity contribution in [3.63, 3.8) is 0 Å². The second kappa shape index (κ2) is 32.4. The molecule has 0 unspecified atom stereocenters. The number of carboxylic acid groups (broad SMARTS) is 2. The molecular formula is C90H68F3N13O10S. The summed E-state index contributed by atoms with van der Waals surface area (Å²) in [4.78, 5) is 36.5. The number of nitrogens with two attached hydrogens (primary N) is 2. The van der Waals surface area contributed by atoms with Crippen molar-refractivity contribution < 1.29 is 60.8 Å². The fourth-order valence-electron chi connectivity index (χ4n) is 13.9. The highest BCUT2D eigenvalue weighted by atomic mass is 32.1. The maximum absolute atomic E-state index is 14.4. The third-order valence-corrected chi connectivity index (χ3v) is 20.9. The van der Waals surface area contributed by atoms with E-state index in [1.165, 1.54) is 49.6 Å². The van der Waals surface area contributed by atoms with Crippen molar-refractivity contribution >= 4 is 132 Å². The van der Waals surface area contributed by atoms with Crippen LogP contribution in [0.25, 0.3) is 153 Å². The minimum absolute atomic E-state index is 0.105. The van der Waals surface area contributed by atoms with E-state index in [2.05, 4.69) is 106 Å². The van der Waals surface area contributed by atoms with E-state index >= 15 is 0 Å². The summed E-state index contributed by atoms with van der Waals surface area (Å²) >= 11 is 1.63. The number of anilines is 1. The normalized spacial score (nSPS) is 11.2. The highest BCUT2D eigenvalue weighted by Crippen LogP contribution is 2.41. The zero-order chi connectivity index (χ0) is 81.1. The molecule has 12 aromatic carbocycles. The number of carboxylic acids is 2. The molecule has 20 aromatic rings. The molecule has 580 valence electrons. The number of aromatic amines is 4. The molecule has 8 aromatic heterocycles. The summed E-state index contributed by atoms with van der Waals surface area (Å²) < 4.78 is 71.5. The van der Waals surface area contributed by atoms with E-state index in [1.807, 2.05) is 97.1 Å². The zero-order valence-corrected chi connectivity index (χ0v) is 63.4. The number of methoxy groups -OCH3 is 3. The minimum Gasteiger partial charge on any atom is -0.496 e. The summed E-state index contributed by atoms with van der Waals surface area (Å²) in [5.41, 5.74) is 22.6. The highest BCUT2D eigenvalue weighted by Gasteiger charge is 2.24. The Morgan fingerprint density at radius 2 is 1.09 bits per heavy atom. The van der Waals surface area contributed by atoms with Gasteiger partial charge in [-0.1, -0.05) is 121 Å². The predicted octanol–water partition coefficient (Wildman–Crippen LogP) is 19.8. The van der Waals surface area contributed by atoms with E-state index in [-0.39, 0.29) is 40.9 Å². The number of furan rings is 2. The number of H-pyrrole nitrogens is 4. The molecule has 11 N–H and O–H groups in total. The number of hydrogen-bond donors (Lipinski definition) is 9. The number of carbonyl (C=O) groups excluding carboxylic acids is 1. The molecule has 27 heteroatoms. The molecule has 0 spiro atoms. The smallest absolute Gasteiger partial charge is 0.339 e. The van der Waals surface area contributed by atoms with Crippen LogP contribution in [0.1, 0.15) is 42.4 Å². The molecule has 0 atom stereocenters. The molecule has 1 amide bonds. The lowest BCUT2D eigenvalue weighted by atomic mass is 10.0. The number of para-hydroxylation sites is 1. The molecule has 0 bridgehead atoms. The summed E-state index contributed by atoms with van der Waals surface area (Å²) in [5, 5.41) is 64.9. The van der Waals surface area contributed by atoms with Crippen molar-refractivity contribution in [1.29, 1.82) is 0 Å². The first-order valence-corrected chi connectivity index (χ1v) is 37.2. The van der Waals surface area contributed by atoms with Crippen LogP contribution in [0.2, 0.25) is 0 Å². The van der Waals surface area contributed by atoms with Crippen molar-refractivity contribution in [2.75, 3.05) is 27.1 Å². The van der Waals surface area contributed by atoms with Crippen LogP contribution in [0.15, 0.2) is 258 Å². The molecule has 0 aliphatic carbocycles. The largest absolute Gasteiger partial charge is 0.496 e. The second-order valence-corrected chi connectivity index (χ2v) is 28.0. The number of nitrogens with one attached hydrogen (secondary N) is 5. The predicted molar refractivity (Wildman–Crippen MR) is 448 cm³/mol. The number of amides is 1. The molecule has 20 rings (SSSR count). The quantitative estimate of drug-likeness (QED) is 0.0457. The number of aromatic nitrogens is 10. The molecule has 0 radical (unpaired) electrons.